The van der Waals surface area contributed by atoms with Crippen LogP contribution in [0.15, 0.2) is 29.4 Å². The molecule has 0 spiro atoms. The zero-order valence-electron chi connectivity index (χ0n) is 15.0. The maximum atomic E-state index is 12.7. The molecule has 1 saturated heterocycles. The van der Waals surface area contributed by atoms with Gasteiger partial charge in [0.25, 0.3) is 0 Å². The van der Waals surface area contributed by atoms with Crippen LogP contribution in [0.4, 0.5) is 0 Å². The van der Waals surface area contributed by atoms with E-state index in [4.69, 9.17) is 9.47 Å². The number of aromatic nitrogens is 2. The molecule has 1 aliphatic heterocycles. The summed E-state index contributed by atoms with van der Waals surface area (Å²) in [7, 11) is 0. The molecule has 140 valence electrons. The maximum absolute atomic E-state index is 12.7. The number of hydrogen-bond donors (Lipinski definition) is 0. The van der Waals surface area contributed by atoms with Crippen molar-refractivity contribution in [1.82, 2.24) is 14.5 Å². The minimum Gasteiger partial charge on any atom is -0.462 e. The van der Waals surface area contributed by atoms with Crippen LogP contribution in [0.2, 0.25) is 0 Å². The Morgan fingerprint density at radius 3 is 2.73 bits per heavy atom. The van der Waals surface area contributed by atoms with Crippen molar-refractivity contribution in [3.63, 3.8) is 0 Å². The van der Waals surface area contributed by atoms with Crippen LogP contribution in [0.3, 0.4) is 0 Å². The highest BCUT2D eigenvalue weighted by atomic mass is 32.2. The third kappa shape index (κ3) is 4.56. The van der Waals surface area contributed by atoms with Crippen LogP contribution in [-0.4, -0.2) is 64.5 Å². The number of ether oxygens (including phenoxy) is 2. The van der Waals surface area contributed by atoms with Crippen molar-refractivity contribution < 1.29 is 19.1 Å². The van der Waals surface area contributed by atoms with Gasteiger partial charge in [-0.3, -0.25) is 9.59 Å². The largest absolute Gasteiger partial charge is 0.462 e. The molecule has 0 unspecified atom stereocenters. The van der Waals surface area contributed by atoms with Crippen molar-refractivity contribution in [1.29, 1.82) is 0 Å². The summed E-state index contributed by atoms with van der Waals surface area (Å²) in [6, 6.07) is 7.67. The molecule has 0 N–H and O–H groups in total. The van der Waals surface area contributed by atoms with Gasteiger partial charge >= 0.3 is 5.97 Å². The number of hydrogen-bond acceptors (Lipinski definition) is 6. The summed E-state index contributed by atoms with van der Waals surface area (Å²) in [4.78, 5) is 30.9. The smallest absolute Gasteiger partial charge is 0.316 e. The number of benzene rings is 1. The molecule has 1 fully saturated rings. The van der Waals surface area contributed by atoms with Gasteiger partial charge in [0.1, 0.15) is 6.54 Å². The molecule has 1 aromatic carbocycles. The van der Waals surface area contributed by atoms with Crippen molar-refractivity contribution >= 4 is 34.7 Å². The summed E-state index contributed by atoms with van der Waals surface area (Å²) in [6.07, 6.45) is -0.148. The Hall–Kier alpha value is -2.06. The minimum atomic E-state index is -0.289. The van der Waals surface area contributed by atoms with E-state index < -0.39 is 0 Å². The average Bonchev–Trinajstić information content (AvgIpc) is 2.98. The van der Waals surface area contributed by atoms with E-state index in [2.05, 4.69) is 4.98 Å². The second-order valence-electron chi connectivity index (χ2n) is 6.29. The molecule has 26 heavy (non-hydrogen) atoms. The lowest BCUT2D eigenvalue weighted by atomic mass is 10.3. The molecule has 2 heterocycles. The summed E-state index contributed by atoms with van der Waals surface area (Å²) < 4.78 is 12.4. The Balaban J connectivity index is 1.78. The van der Waals surface area contributed by atoms with Crippen LogP contribution in [0.1, 0.15) is 13.8 Å². The van der Waals surface area contributed by atoms with Gasteiger partial charge in [-0.1, -0.05) is 23.9 Å². The van der Waals surface area contributed by atoms with Crippen molar-refractivity contribution in [2.45, 2.75) is 31.7 Å². The number of morpholine rings is 1. The predicted octanol–water partition coefficient (Wildman–Crippen LogP) is 1.94. The number of imidazole rings is 1. The molecule has 2 aromatic rings. The number of para-hydroxylation sites is 2. The van der Waals surface area contributed by atoms with E-state index in [0.29, 0.717) is 31.5 Å². The molecular weight excluding hydrogens is 354 g/mol. The quantitative estimate of drug-likeness (QED) is 0.566. The third-order valence-electron chi connectivity index (χ3n) is 3.96. The first kappa shape index (κ1) is 18.7. The molecule has 0 bridgehead atoms. The fourth-order valence-corrected chi connectivity index (χ4v) is 3.58. The Morgan fingerprint density at radius 2 is 2.00 bits per heavy atom. The van der Waals surface area contributed by atoms with Crippen LogP contribution in [0.5, 0.6) is 0 Å². The number of thioether (sulfide) groups is 1. The fraction of sp³-hybridized carbons (Fsp3) is 0.500. The van der Waals surface area contributed by atoms with E-state index in [-0.39, 0.29) is 30.3 Å². The van der Waals surface area contributed by atoms with Gasteiger partial charge in [0.15, 0.2) is 5.16 Å². The monoisotopic (exact) mass is 377 g/mol. The number of rotatable bonds is 6. The standard InChI is InChI=1S/C18H23N3O4S/c1-13(2)25-17(23)12-26-18-19-14-5-3-4-6-15(14)21(18)11-16(22)20-7-9-24-10-8-20/h3-6,13H,7-12H2,1-2H3. The second kappa shape index (κ2) is 8.55. The summed E-state index contributed by atoms with van der Waals surface area (Å²) in [5.41, 5.74) is 1.69. The molecule has 1 aliphatic rings. The molecule has 0 aliphatic carbocycles. The highest BCUT2D eigenvalue weighted by Crippen LogP contribution is 2.24. The maximum Gasteiger partial charge on any atom is 0.316 e. The Morgan fingerprint density at radius 1 is 1.27 bits per heavy atom. The van der Waals surface area contributed by atoms with E-state index in [0.717, 1.165) is 11.0 Å². The first-order chi connectivity index (χ1) is 12.5. The first-order valence-corrected chi connectivity index (χ1v) is 9.66. The lowest BCUT2D eigenvalue weighted by Crippen LogP contribution is -2.42. The van der Waals surface area contributed by atoms with Gasteiger partial charge in [-0.2, -0.15) is 0 Å². The zero-order chi connectivity index (χ0) is 18.5. The SMILES string of the molecule is CC(C)OC(=O)CSc1nc2ccccc2n1CC(=O)N1CCOCC1. The minimum absolute atomic E-state index is 0.0306. The van der Waals surface area contributed by atoms with Crippen LogP contribution in [0, 0.1) is 0 Å². The normalized spacial score (nSPS) is 14.8. The zero-order valence-corrected chi connectivity index (χ0v) is 15.8. The summed E-state index contributed by atoms with van der Waals surface area (Å²) in [6.45, 7) is 6.18. The third-order valence-corrected chi connectivity index (χ3v) is 4.91. The summed E-state index contributed by atoms with van der Waals surface area (Å²) in [5, 5.41) is 0.647. The molecule has 3 rings (SSSR count). The van der Waals surface area contributed by atoms with E-state index >= 15 is 0 Å². The molecule has 0 saturated carbocycles. The van der Waals surface area contributed by atoms with Crippen LogP contribution in [-0.2, 0) is 25.6 Å². The second-order valence-corrected chi connectivity index (χ2v) is 7.23. The highest BCUT2D eigenvalue weighted by molar-refractivity contribution is 7.99. The van der Waals surface area contributed by atoms with Crippen LogP contribution >= 0.6 is 11.8 Å². The van der Waals surface area contributed by atoms with Gasteiger partial charge in [-0.25, -0.2) is 4.98 Å². The van der Waals surface area contributed by atoms with Crippen LogP contribution in [0.25, 0.3) is 11.0 Å². The Labute approximate surface area is 156 Å². The number of nitrogens with zero attached hydrogens (tertiary/aromatic N) is 3. The summed E-state index contributed by atoms with van der Waals surface area (Å²) in [5.74, 6) is -0.0982. The molecule has 1 aromatic heterocycles. The van der Waals surface area contributed by atoms with E-state index in [9.17, 15) is 9.59 Å². The van der Waals surface area contributed by atoms with Crippen molar-refractivity contribution in [3.8, 4) is 0 Å². The molecule has 8 heteroatoms. The van der Waals surface area contributed by atoms with Gasteiger partial charge in [-0.15, -0.1) is 0 Å². The number of amides is 1. The van der Waals surface area contributed by atoms with E-state index in [1.165, 1.54) is 11.8 Å². The summed E-state index contributed by atoms with van der Waals surface area (Å²) >= 11 is 1.29. The first-order valence-electron chi connectivity index (χ1n) is 8.67. The van der Waals surface area contributed by atoms with E-state index in [1.807, 2.05) is 42.7 Å². The van der Waals surface area contributed by atoms with Gasteiger partial charge in [0, 0.05) is 13.1 Å². The van der Waals surface area contributed by atoms with Gasteiger partial charge in [0.05, 0.1) is 36.1 Å². The predicted molar refractivity (Wildman–Crippen MR) is 99.1 cm³/mol. The molecule has 1 amide bonds. The number of carbonyl (C=O) groups excluding carboxylic acids is 2. The molecule has 7 nitrogen and oxygen atoms in total. The van der Waals surface area contributed by atoms with Crippen LogP contribution < -0.4 is 0 Å². The van der Waals surface area contributed by atoms with Gasteiger partial charge in [-0.05, 0) is 26.0 Å². The Kier molecular flexibility index (Phi) is 6.16. The van der Waals surface area contributed by atoms with Gasteiger partial charge in [0.2, 0.25) is 5.91 Å². The lowest BCUT2D eigenvalue weighted by Gasteiger charge is -2.27. The number of carbonyl (C=O) groups is 2. The molecular formula is C18H23N3O4S. The van der Waals surface area contributed by atoms with Crippen molar-refractivity contribution in [3.05, 3.63) is 24.3 Å². The van der Waals surface area contributed by atoms with Crippen molar-refractivity contribution in [2.75, 3.05) is 32.1 Å². The Bertz CT molecular complexity index is 784. The fourth-order valence-electron chi connectivity index (χ4n) is 2.78. The average molecular weight is 377 g/mol. The number of fused-ring (bicyclic) bond motifs is 1. The van der Waals surface area contributed by atoms with Crippen molar-refractivity contribution in [2.24, 2.45) is 0 Å². The van der Waals surface area contributed by atoms with E-state index in [1.54, 1.807) is 4.90 Å². The van der Waals surface area contributed by atoms with Gasteiger partial charge < -0.3 is 18.9 Å². The lowest BCUT2D eigenvalue weighted by molar-refractivity contribution is -0.144. The molecule has 0 atom stereocenters. The molecule has 0 radical (unpaired) electrons. The topological polar surface area (TPSA) is 73.7 Å². The number of esters is 1. The highest BCUT2D eigenvalue weighted by Gasteiger charge is 2.21.